The summed E-state index contributed by atoms with van der Waals surface area (Å²) in [5.74, 6) is -1.73. The van der Waals surface area contributed by atoms with E-state index in [-0.39, 0.29) is 21.9 Å². The van der Waals surface area contributed by atoms with E-state index in [0.29, 0.717) is 29.2 Å². The summed E-state index contributed by atoms with van der Waals surface area (Å²) in [6.07, 6.45) is 4.71. The molecule has 2 aromatic carbocycles. The van der Waals surface area contributed by atoms with Crippen molar-refractivity contribution >= 4 is 41.1 Å². The van der Waals surface area contributed by atoms with Gasteiger partial charge in [-0.2, -0.15) is 0 Å². The van der Waals surface area contributed by atoms with Gasteiger partial charge >= 0.3 is 0 Å². The Morgan fingerprint density at radius 2 is 1.93 bits per heavy atom. The van der Waals surface area contributed by atoms with Crippen LogP contribution in [0.5, 0.6) is 0 Å². The van der Waals surface area contributed by atoms with Crippen molar-refractivity contribution in [2.75, 3.05) is 38.5 Å². The number of benzene rings is 2. The van der Waals surface area contributed by atoms with Gasteiger partial charge in [-0.3, -0.25) is 4.79 Å². The topological polar surface area (TPSA) is 73.5 Å². The van der Waals surface area contributed by atoms with E-state index in [0.717, 1.165) is 32.3 Å². The SMILES string of the molecule is CNc1cc(Cl)ccc1C1(C=O)C(CC(C)(C)C)NC(C(=O)NCCCN2CCCC2)C1c1cccc(Cl)c1F. The number of aldehydes is 1. The fraction of sp³-hybridized carbons (Fsp3) is 0.548. The molecule has 2 heterocycles. The molecule has 4 unspecified atom stereocenters. The van der Waals surface area contributed by atoms with Crippen LogP contribution >= 0.6 is 23.2 Å². The molecule has 9 heteroatoms. The summed E-state index contributed by atoms with van der Waals surface area (Å²) in [4.78, 5) is 29.8. The Hall–Kier alpha value is -2.19. The van der Waals surface area contributed by atoms with Gasteiger partial charge < -0.3 is 25.6 Å². The number of nitrogens with zero attached hydrogens (tertiary/aromatic N) is 1. The highest BCUT2D eigenvalue weighted by atomic mass is 35.5. The summed E-state index contributed by atoms with van der Waals surface area (Å²) in [5, 5.41) is 10.2. The van der Waals surface area contributed by atoms with Crippen molar-refractivity contribution in [2.24, 2.45) is 5.41 Å². The van der Waals surface area contributed by atoms with Crippen molar-refractivity contribution in [3.05, 3.63) is 63.4 Å². The van der Waals surface area contributed by atoms with Gasteiger partial charge in [0.05, 0.1) is 16.5 Å². The number of hydrogen-bond acceptors (Lipinski definition) is 5. The van der Waals surface area contributed by atoms with Crippen LogP contribution < -0.4 is 16.0 Å². The molecule has 3 N–H and O–H groups in total. The summed E-state index contributed by atoms with van der Waals surface area (Å²) in [6.45, 7) is 9.88. The maximum absolute atomic E-state index is 15.8. The van der Waals surface area contributed by atoms with Gasteiger partial charge in [0.15, 0.2) is 0 Å². The largest absolute Gasteiger partial charge is 0.388 e. The molecule has 0 saturated carbocycles. The molecule has 4 rings (SSSR count). The second-order valence-electron chi connectivity index (χ2n) is 12.3. The standard InChI is InChI=1S/C31H41Cl2FN4O2/c1-30(2,3)18-25-31(19-39,22-12-11-20(32)17-24(22)35-4)26(21-9-7-10-23(33)27(21)34)28(37-25)29(40)36-13-8-16-38-14-5-6-15-38/h7,9-12,17,19,25-26,28,35,37H,5-6,8,13-16,18H2,1-4H3,(H,36,40). The molecule has 0 bridgehead atoms. The number of nitrogens with one attached hydrogen (secondary N) is 3. The molecule has 0 radical (unpaired) electrons. The monoisotopic (exact) mass is 590 g/mol. The predicted octanol–water partition coefficient (Wildman–Crippen LogP) is 5.77. The quantitative estimate of drug-likeness (QED) is 0.242. The first-order valence-electron chi connectivity index (χ1n) is 14.2. The lowest BCUT2D eigenvalue weighted by molar-refractivity contribution is -0.123. The molecular formula is C31H41Cl2FN4O2. The summed E-state index contributed by atoms with van der Waals surface area (Å²) < 4.78 is 15.8. The number of hydrogen-bond donors (Lipinski definition) is 3. The van der Waals surface area contributed by atoms with E-state index in [4.69, 9.17) is 23.2 Å². The second-order valence-corrected chi connectivity index (χ2v) is 13.1. The van der Waals surface area contributed by atoms with Crippen LogP contribution in [0.3, 0.4) is 0 Å². The van der Waals surface area contributed by atoms with Gasteiger partial charge in [-0.05, 0) is 80.1 Å². The molecule has 2 aliphatic heterocycles. The van der Waals surface area contributed by atoms with Crippen LogP contribution in [0, 0.1) is 11.2 Å². The number of likely N-dealkylation sites (tertiary alicyclic amines) is 1. The molecule has 2 aliphatic rings. The number of halogens is 3. The molecule has 2 fully saturated rings. The van der Waals surface area contributed by atoms with Crippen LogP contribution in [0.1, 0.15) is 63.5 Å². The molecule has 4 atom stereocenters. The molecule has 0 spiro atoms. The normalized spacial score (nSPS) is 25.2. The Bertz CT molecular complexity index is 1210. The minimum Gasteiger partial charge on any atom is -0.388 e. The Morgan fingerprint density at radius 3 is 2.58 bits per heavy atom. The highest BCUT2D eigenvalue weighted by Crippen LogP contribution is 2.53. The molecule has 6 nitrogen and oxygen atoms in total. The maximum atomic E-state index is 15.8. The minimum absolute atomic E-state index is 0.0497. The fourth-order valence-electron chi connectivity index (χ4n) is 6.51. The Labute approximate surface area is 247 Å². The molecular weight excluding hydrogens is 550 g/mol. The van der Waals surface area contributed by atoms with Crippen molar-refractivity contribution in [1.82, 2.24) is 15.5 Å². The van der Waals surface area contributed by atoms with Crippen LogP contribution in [-0.2, 0) is 15.0 Å². The van der Waals surface area contributed by atoms with Crippen molar-refractivity contribution in [3.8, 4) is 0 Å². The third kappa shape index (κ3) is 6.33. The third-order valence-corrected chi connectivity index (χ3v) is 8.81. The molecule has 0 aromatic heterocycles. The van der Waals surface area contributed by atoms with Gasteiger partial charge in [-0.1, -0.05) is 62.2 Å². The summed E-state index contributed by atoms with van der Waals surface area (Å²) in [6, 6.07) is 8.74. The van der Waals surface area contributed by atoms with Gasteiger partial charge in [0.2, 0.25) is 5.91 Å². The number of rotatable bonds is 10. The third-order valence-electron chi connectivity index (χ3n) is 8.28. The Balaban J connectivity index is 1.80. The van der Waals surface area contributed by atoms with Crippen molar-refractivity contribution in [3.63, 3.8) is 0 Å². The van der Waals surface area contributed by atoms with Crippen LogP contribution in [0.2, 0.25) is 10.0 Å². The molecule has 2 aromatic rings. The lowest BCUT2D eigenvalue weighted by Crippen LogP contribution is -2.46. The van der Waals surface area contributed by atoms with Crippen LogP contribution in [0.25, 0.3) is 0 Å². The van der Waals surface area contributed by atoms with Gasteiger partial charge in [0.1, 0.15) is 12.1 Å². The smallest absolute Gasteiger partial charge is 0.237 e. The van der Waals surface area contributed by atoms with E-state index < -0.39 is 29.2 Å². The number of anilines is 1. The Kier molecular flexibility index (Phi) is 9.82. The molecule has 1 amide bonds. The number of carbonyl (C=O) groups excluding carboxylic acids is 2. The zero-order valence-electron chi connectivity index (χ0n) is 23.8. The number of carbonyl (C=O) groups is 2. The zero-order chi connectivity index (χ0) is 29.1. The number of amides is 1. The van der Waals surface area contributed by atoms with E-state index in [1.165, 1.54) is 18.9 Å². The van der Waals surface area contributed by atoms with Gasteiger partial charge in [-0.15, -0.1) is 0 Å². The van der Waals surface area contributed by atoms with Crippen molar-refractivity contribution < 1.29 is 14.0 Å². The molecule has 218 valence electrons. The lowest BCUT2D eigenvalue weighted by Gasteiger charge is -2.39. The lowest BCUT2D eigenvalue weighted by atomic mass is 9.62. The van der Waals surface area contributed by atoms with E-state index in [1.807, 2.05) is 6.07 Å². The summed E-state index contributed by atoms with van der Waals surface area (Å²) >= 11 is 12.6. The predicted molar refractivity (Wildman–Crippen MR) is 161 cm³/mol. The van der Waals surface area contributed by atoms with Crippen LogP contribution in [0.4, 0.5) is 10.1 Å². The van der Waals surface area contributed by atoms with Gasteiger partial charge in [0.25, 0.3) is 0 Å². The first kappa shape index (κ1) is 30.8. The first-order valence-corrected chi connectivity index (χ1v) is 14.9. The van der Waals surface area contributed by atoms with Crippen molar-refractivity contribution in [2.45, 2.75) is 69.9 Å². The van der Waals surface area contributed by atoms with Gasteiger partial charge in [-0.25, -0.2) is 4.39 Å². The average molecular weight is 592 g/mol. The van der Waals surface area contributed by atoms with E-state index in [1.54, 1.807) is 31.3 Å². The second kappa shape index (κ2) is 12.8. The fourth-order valence-corrected chi connectivity index (χ4v) is 6.87. The van der Waals surface area contributed by atoms with E-state index in [2.05, 4.69) is 41.6 Å². The van der Waals surface area contributed by atoms with Crippen LogP contribution in [-0.4, -0.2) is 62.4 Å². The maximum Gasteiger partial charge on any atom is 0.237 e. The van der Waals surface area contributed by atoms with Crippen LogP contribution in [0.15, 0.2) is 36.4 Å². The summed E-state index contributed by atoms with van der Waals surface area (Å²) in [7, 11) is 1.76. The Morgan fingerprint density at radius 1 is 1.20 bits per heavy atom. The molecule has 2 saturated heterocycles. The molecule has 0 aliphatic carbocycles. The average Bonchev–Trinajstić information content (AvgIpc) is 3.53. The van der Waals surface area contributed by atoms with Gasteiger partial charge in [0, 0.05) is 36.3 Å². The first-order chi connectivity index (χ1) is 19.0. The minimum atomic E-state index is -1.29. The molecule has 40 heavy (non-hydrogen) atoms. The van der Waals surface area contributed by atoms with E-state index in [9.17, 15) is 9.59 Å². The summed E-state index contributed by atoms with van der Waals surface area (Å²) in [5.41, 5.74) is 0.0534. The van der Waals surface area contributed by atoms with E-state index >= 15 is 4.39 Å². The highest BCUT2D eigenvalue weighted by molar-refractivity contribution is 6.31. The zero-order valence-corrected chi connectivity index (χ0v) is 25.3. The highest BCUT2D eigenvalue weighted by Gasteiger charge is 2.60. The van der Waals surface area contributed by atoms with Crippen molar-refractivity contribution in [1.29, 1.82) is 0 Å².